The van der Waals surface area contributed by atoms with Crippen molar-refractivity contribution in [3.8, 4) is 0 Å². The van der Waals surface area contributed by atoms with Gasteiger partial charge in [0, 0.05) is 16.7 Å². The van der Waals surface area contributed by atoms with Crippen molar-refractivity contribution in [3.05, 3.63) is 39.8 Å². The molecule has 0 aromatic carbocycles. The van der Waals surface area contributed by atoms with E-state index >= 15 is 0 Å². The SMILES string of the molecule is [N-]=[N+]=NCC(O)C(O)c1cnc(F)c(C=O)c1. The molecule has 0 aliphatic carbocycles. The smallest absolute Gasteiger partial charge is 0.223 e. The number of aldehydes is 1. The molecule has 1 aromatic rings. The third-order valence-corrected chi connectivity index (χ3v) is 2.05. The van der Waals surface area contributed by atoms with E-state index in [1.807, 2.05) is 0 Å². The van der Waals surface area contributed by atoms with E-state index < -0.39 is 18.2 Å². The molecule has 2 unspecified atom stereocenters. The van der Waals surface area contributed by atoms with Gasteiger partial charge in [0.1, 0.15) is 6.10 Å². The molecule has 8 heteroatoms. The van der Waals surface area contributed by atoms with Crippen LogP contribution in [-0.2, 0) is 0 Å². The zero-order chi connectivity index (χ0) is 12.8. The van der Waals surface area contributed by atoms with E-state index in [4.69, 9.17) is 5.53 Å². The summed E-state index contributed by atoms with van der Waals surface area (Å²) >= 11 is 0. The molecule has 1 heterocycles. The summed E-state index contributed by atoms with van der Waals surface area (Å²) < 4.78 is 12.9. The van der Waals surface area contributed by atoms with Gasteiger partial charge < -0.3 is 10.2 Å². The highest BCUT2D eigenvalue weighted by Gasteiger charge is 2.19. The first-order chi connectivity index (χ1) is 8.10. The molecular weight excluding hydrogens is 231 g/mol. The van der Waals surface area contributed by atoms with Gasteiger partial charge in [-0.05, 0) is 11.6 Å². The normalized spacial score (nSPS) is 13.6. The number of hydrogen-bond acceptors (Lipinski definition) is 5. The Morgan fingerprint density at radius 1 is 1.65 bits per heavy atom. The van der Waals surface area contributed by atoms with Gasteiger partial charge in [0.25, 0.3) is 0 Å². The maximum Gasteiger partial charge on any atom is 0.223 e. The van der Waals surface area contributed by atoms with Crippen LogP contribution in [0.3, 0.4) is 0 Å². The van der Waals surface area contributed by atoms with Crippen molar-refractivity contribution in [2.45, 2.75) is 12.2 Å². The number of aliphatic hydroxyl groups is 2. The van der Waals surface area contributed by atoms with E-state index in [0.29, 0.717) is 0 Å². The van der Waals surface area contributed by atoms with Crippen LogP contribution in [0.4, 0.5) is 4.39 Å². The average Bonchev–Trinajstić information content (AvgIpc) is 2.35. The van der Waals surface area contributed by atoms with Crippen molar-refractivity contribution in [3.63, 3.8) is 0 Å². The molecule has 1 aromatic heterocycles. The minimum absolute atomic E-state index is 0.0640. The minimum Gasteiger partial charge on any atom is -0.390 e. The van der Waals surface area contributed by atoms with Crippen molar-refractivity contribution in [2.24, 2.45) is 5.11 Å². The molecule has 2 N–H and O–H groups in total. The van der Waals surface area contributed by atoms with Crippen molar-refractivity contribution in [1.82, 2.24) is 4.98 Å². The molecule has 0 saturated heterocycles. The van der Waals surface area contributed by atoms with Crippen molar-refractivity contribution in [2.75, 3.05) is 6.54 Å². The van der Waals surface area contributed by atoms with E-state index in [-0.39, 0.29) is 24.0 Å². The number of rotatable bonds is 5. The summed E-state index contributed by atoms with van der Waals surface area (Å²) in [6.07, 6.45) is -1.52. The van der Waals surface area contributed by atoms with Crippen LogP contribution < -0.4 is 0 Å². The molecule has 0 spiro atoms. The number of aliphatic hydroxyl groups excluding tert-OH is 2. The van der Waals surface area contributed by atoms with Gasteiger partial charge in [-0.1, -0.05) is 5.11 Å². The number of nitrogens with zero attached hydrogens (tertiary/aromatic N) is 4. The van der Waals surface area contributed by atoms with E-state index in [1.54, 1.807) is 0 Å². The zero-order valence-corrected chi connectivity index (χ0v) is 8.56. The summed E-state index contributed by atoms with van der Waals surface area (Å²) in [5, 5.41) is 22.1. The van der Waals surface area contributed by atoms with Crippen LogP contribution in [0.5, 0.6) is 0 Å². The third-order valence-electron chi connectivity index (χ3n) is 2.05. The van der Waals surface area contributed by atoms with Crippen LogP contribution in [-0.4, -0.2) is 34.1 Å². The lowest BCUT2D eigenvalue weighted by Gasteiger charge is -2.15. The fourth-order valence-corrected chi connectivity index (χ4v) is 1.17. The third kappa shape index (κ3) is 3.22. The Morgan fingerprint density at radius 2 is 2.35 bits per heavy atom. The molecule has 0 aliphatic heterocycles. The van der Waals surface area contributed by atoms with Crippen LogP contribution in [0, 0.1) is 5.95 Å². The largest absolute Gasteiger partial charge is 0.390 e. The van der Waals surface area contributed by atoms with Gasteiger partial charge in [-0.15, -0.1) is 0 Å². The number of halogens is 1. The molecule has 1 rings (SSSR count). The molecule has 7 nitrogen and oxygen atoms in total. The summed E-state index contributed by atoms with van der Waals surface area (Å²) in [5.41, 5.74) is 7.79. The van der Waals surface area contributed by atoms with Gasteiger partial charge >= 0.3 is 0 Å². The van der Waals surface area contributed by atoms with Crippen molar-refractivity contribution >= 4 is 6.29 Å². The summed E-state index contributed by atoms with van der Waals surface area (Å²) in [4.78, 5) is 16.1. The van der Waals surface area contributed by atoms with Gasteiger partial charge in [-0.2, -0.15) is 4.39 Å². The first-order valence-corrected chi connectivity index (χ1v) is 4.57. The van der Waals surface area contributed by atoms with Crippen LogP contribution in [0.1, 0.15) is 22.0 Å². The molecule has 0 amide bonds. The lowest BCUT2D eigenvalue weighted by atomic mass is 10.1. The molecule has 0 aliphatic rings. The topological polar surface area (TPSA) is 119 Å². The van der Waals surface area contributed by atoms with Crippen LogP contribution in [0.2, 0.25) is 0 Å². The van der Waals surface area contributed by atoms with Gasteiger partial charge in [0.15, 0.2) is 6.29 Å². The fraction of sp³-hybridized carbons (Fsp3) is 0.333. The van der Waals surface area contributed by atoms with Gasteiger partial charge in [0.2, 0.25) is 5.95 Å². The Morgan fingerprint density at radius 3 is 2.94 bits per heavy atom. The maximum absolute atomic E-state index is 12.9. The number of carbonyl (C=O) groups is 1. The highest BCUT2D eigenvalue weighted by molar-refractivity contribution is 5.74. The maximum atomic E-state index is 12.9. The number of azide groups is 1. The molecule has 0 radical (unpaired) electrons. The Hall–Kier alpha value is -2.02. The van der Waals surface area contributed by atoms with Gasteiger partial charge in [-0.3, -0.25) is 4.79 Å². The van der Waals surface area contributed by atoms with E-state index in [9.17, 15) is 19.4 Å². The first kappa shape index (κ1) is 13.0. The molecular formula is C9H9FN4O3. The Balaban J connectivity index is 2.91. The highest BCUT2D eigenvalue weighted by Crippen LogP contribution is 2.18. The second-order valence-corrected chi connectivity index (χ2v) is 3.19. The number of carbonyl (C=O) groups excluding carboxylic acids is 1. The predicted octanol–water partition coefficient (Wildman–Crippen LogP) is 0.738. The second kappa shape index (κ2) is 5.90. The standard InChI is InChI=1S/C9H9FN4O3/c10-9-6(4-15)1-5(2-12-9)8(17)7(16)3-13-14-11/h1-2,4,7-8,16-17H,3H2. The first-order valence-electron chi connectivity index (χ1n) is 4.57. The van der Waals surface area contributed by atoms with Crippen molar-refractivity contribution in [1.29, 1.82) is 0 Å². The molecule has 0 fully saturated rings. The second-order valence-electron chi connectivity index (χ2n) is 3.19. The minimum atomic E-state index is -1.41. The Kier molecular flexibility index (Phi) is 4.53. The van der Waals surface area contributed by atoms with Gasteiger partial charge in [-0.25, -0.2) is 4.98 Å². The predicted molar refractivity (Wildman–Crippen MR) is 54.6 cm³/mol. The zero-order valence-electron chi connectivity index (χ0n) is 8.56. The van der Waals surface area contributed by atoms with E-state index in [0.717, 1.165) is 12.3 Å². The quantitative estimate of drug-likeness (QED) is 0.259. The van der Waals surface area contributed by atoms with Gasteiger partial charge in [0.05, 0.1) is 18.2 Å². The highest BCUT2D eigenvalue weighted by atomic mass is 19.1. The molecule has 0 bridgehead atoms. The Bertz CT molecular complexity index is 462. The fourth-order valence-electron chi connectivity index (χ4n) is 1.17. The van der Waals surface area contributed by atoms with Crippen molar-refractivity contribution < 1.29 is 19.4 Å². The van der Waals surface area contributed by atoms with E-state index in [1.165, 1.54) is 0 Å². The average molecular weight is 240 g/mol. The monoisotopic (exact) mass is 240 g/mol. The summed E-state index contributed by atoms with van der Waals surface area (Å²) in [7, 11) is 0. The summed E-state index contributed by atoms with van der Waals surface area (Å²) in [6.45, 7) is -0.342. The van der Waals surface area contributed by atoms with Crippen LogP contribution >= 0.6 is 0 Å². The summed E-state index contributed by atoms with van der Waals surface area (Å²) in [5.74, 6) is -0.958. The number of pyridine rings is 1. The number of hydrogen-bond donors (Lipinski definition) is 2. The molecule has 0 saturated carbocycles. The number of aromatic nitrogens is 1. The lowest BCUT2D eigenvalue weighted by molar-refractivity contribution is 0.0241. The van der Waals surface area contributed by atoms with Crippen LogP contribution in [0.15, 0.2) is 17.4 Å². The molecule has 2 atom stereocenters. The van der Waals surface area contributed by atoms with Crippen LogP contribution in [0.25, 0.3) is 10.4 Å². The lowest BCUT2D eigenvalue weighted by Crippen LogP contribution is -2.21. The van der Waals surface area contributed by atoms with E-state index in [2.05, 4.69) is 15.0 Å². The molecule has 17 heavy (non-hydrogen) atoms. The summed E-state index contributed by atoms with van der Waals surface area (Å²) in [6, 6.07) is 1.07. The Labute approximate surface area is 95.2 Å². The molecule has 90 valence electrons.